The highest BCUT2D eigenvalue weighted by atomic mass is 16.2. The molecule has 2 amide bonds. The molecule has 7 heteroatoms. The van der Waals surface area contributed by atoms with Gasteiger partial charge in [-0.1, -0.05) is 34.6 Å². The SMILES string of the molecule is CC(C)c1nc(N2CCN3C(=O)C(=O)NCC3C2)cc(C(C)(C)C)n1. The van der Waals surface area contributed by atoms with Crippen LogP contribution in [-0.2, 0) is 15.0 Å². The van der Waals surface area contributed by atoms with E-state index < -0.39 is 11.8 Å². The lowest BCUT2D eigenvalue weighted by atomic mass is 9.91. The average molecular weight is 345 g/mol. The Balaban J connectivity index is 1.88. The molecule has 1 unspecified atom stereocenters. The molecule has 3 heterocycles. The lowest BCUT2D eigenvalue weighted by molar-refractivity contribution is -0.150. The van der Waals surface area contributed by atoms with Crippen LogP contribution in [0.5, 0.6) is 0 Å². The summed E-state index contributed by atoms with van der Waals surface area (Å²) in [6.07, 6.45) is 0. The molecule has 0 spiro atoms. The van der Waals surface area contributed by atoms with Gasteiger partial charge < -0.3 is 15.1 Å². The predicted molar refractivity (Wildman–Crippen MR) is 95.5 cm³/mol. The van der Waals surface area contributed by atoms with E-state index >= 15 is 0 Å². The van der Waals surface area contributed by atoms with Crippen molar-refractivity contribution in [1.82, 2.24) is 20.2 Å². The van der Waals surface area contributed by atoms with Crippen molar-refractivity contribution in [1.29, 1.82) is 0 Å². The summed E-state index contributed by atoms with van der Waals surface area (Å²) in [5.74, 6) is 1.09. The van der Waals surface area contributed by atoms with E-state index in [9.17, 15) is 9.59 Å². The van der Waals surface area contributed by atoms with Gasteiger partial charge in [0.2, 0.25) is 0 Å². The van der Waals surface area contributed by atoms with E-state index in [1.165, 1.54) is 0 Å². The first-order valence-corrected chi connectivity index (χ1v) is 8.90. The Morgan fingerprint density at radius 3 is 2.56 bits per heavy atom. The van der Waals surface area contributed by atoms with Crippen LogP contribution in [0.25, 0.3) is 0 Å². The molecule has 0 aromatic carbocycles. The van der Waals surface area contributed by atoms with Crippen LogP contribution in [0.1, 0.15) is 52.1 Å². The molecule has 1 aromatic heterocycles. The highest BCUT2D eigenvalue weighted by Gasteiger charge is 2.38. The fourth-order valence-electron chi connectivity index (χ4n) is 3.18. The predicted octanol–water partition coefficient (Wildman–Crippen LogP) is 1.04. The Hall–Kier alpha value is -2.18. The number of hydrogen-bond donors (Lipinski definition) is 1. The largest absolute Gasteiger partial charge is 0.353 e. The number of nitrogens with zero attached hydrogens (tertiary/aromatic N) is 4. The van der Waals surface area contributed by atoms with E-state index in [-0.39, 0.29) is 17.4 Å². The fraction of sp³-hybridized carbons (Fsp3) is 0.667. The second-order valence-electron chi connectivity index (χ2n) is 8.18. The number of hydrogen-bond acceptors (Lipinski definition) is 5. The molecule has 3 rings (SSSR count). The highest BCUT2D eigenvalue weighted by molar-refractivity contribution is 6.35. The van der Waals surface area contributed by atoms with Crippen LogP contribution in [0, 0.1) is 0 Å². The molecule has 2 aliphatic heterocycles. The number of anilines is 1. The molecule has 1 atom stereocenters. The maximum absolute atomic E-state index is 12.0. The molecule has 25 heavy (non-hydrogen) atoms. The van der Waals surface area contributed by atoms with E-state index in [2.05, 4.69) is 50.9 Å². The van der Waals surface area contributed by atoms with Crippen molar-refractivity contribution >= 4 is 17.6 Å². The first-order valence-electron chi connectivity index (χ1n) is 8.90. The van der Waals surface area contributed by atoms with E-state index in [4.69, 9.17) is 9.97 Å². The molecule has 1 aromatic rings. The molecule has 0 aliphatic carbocycles. The molecule has 0 saturated carbocycles. The summed E-state index contributed by atoms with van der Waals surface area (Å²) in [5.41, 5.74) is 0.967. The third-order valence-corrected chi connectivity index (χ3v) is 4.77. The minimum Gasteiger partial charge on any atom is -0.353 e. The second-order valence-corrected chi connectivity index (χ2v) is 8.18. The number of piperazine rings is 2. The number of fused-ring (bicyclic) bond motifs is 1. The summed E-state index contributed by atoms with van der Waals surface area (Å²) in [4.78, 5) is 36.9. The van der Waals surface area contributed by atoms with Crippen LogP contribution in [0.3, 0.4) is 0 Å². The van der Waals surface area contributed by atoms with Gasteiger partial charge >= 0.3 is 11.8 Å². The van der Waals surface area contributed by atoms with Gasteiger partial charge in [-0.2, -0.15) is 0 Å². The standard InChI is InChI=1S/C18H27N5O2/c1-11(2)15-20-13(18(3,4)5)8-14(21-15)22-6-7-23-12(10-22)9-19-16(24)17(23)25/h8,11-12H,6-7,9-10H2,1-5H3,(H,19,24). The zero-order chi connectivity index (χ0) is 18.4. The number of aromatic nitrogens is 2. The zero-order valence-corrected chi connectivity index (χ0v) is 15.7. The van der Waals surface area contributed by atoms with Gasteiger partial charge in [-0.3, -0.25) is 9.59 Å². The topological polar surface area (TPSA) is 78.4 Å². The molecule has 2 saturated heterocycles. The number of carbonyl (C=O) groups is 2. The molecule has 2 aliphatic rings. The Kier molecular flexibility index (Phi) is 4.43. The molecule has 0 radical (unpaired) electrons. The summed E-state index contributed by atoms with van der Waals surface area (Å²) < 4.78 is 0. The van der Waals surface area contributed by atoms with Crippen LogP contribution >= 0.6 is 0 Å². The van der Waals surface area contributed by atoms with Crippen molar-refractivity contribution in [3.8, 4) is 0 Å². The quantitative estimate of drug-likeness (QED) is 0.811. The summed E-state index contributed by atoms with van der Waals surface area (Å²) in [7, 11) is 0. The lowest BCUT2D eigenvalue weighted by Crippen LogP contribution is -2.65. The van der Waals surface area contributed by atoms with Gasteiger partial charge in [0, 0.05) is 43.6 Å². The van der Waals surface area contributed by atoms with E-state index in [1.807, 2.05) is 0 Å². The highest BCUT2D eigenvalue weighted by Crippen LogP contribution is 2.27. The Labute approximate surface area is 148 Å². The smallest absolute Gasteiger partial charge is 0.312 e. The minimum atomic E-state index is -0.496. The maximum atomic E-state index is 12.0. The number of rotatable bonds is 2. The summed E-state index contributed by atoms with van der Waals surface area (Å²) in [5, 5.41) is 2.68. The molecule has 136 valence electrons. The van der Waals surface area contributed by atoms with Gasteiger partial charge in [-0.05, 0) is 0 Å². The minimum absolute atomic E-state index is 0.00509. The number of amides is 2. The number of nitrogens with one attached hydrogen (secondary N) is 1. The third-order valence-electron chi connectivity index (χ3n) is 4.77. The van der Waals surface area contributed by atoms with Gasteiger partial charge in [0.15, 0.2) is 0 Å². The number of carbonyl (C=O) groups excluding carboxylic acids is 2. The molecular weight excluding hydrogens is 318 g/mol. The molecular formula is C18H27N5O2. The van der Waals surface area contributed by atoms with Gasteiger partial charge in [0.05, 0.1) is 11.7 Å². The van der Waals surface area contributed by atoms with E-state index in [0.717, 1.165) is 17.3 Å². The van der Waals surface area contributed by atoms with Gasteiger partial charge in [0.1, 0.15) is 11.6 Å². The van der Waals surface area contributed by atoms with Crippen molar-refractivity contribution in [3.63, 3.8) is 0 Å². The van der Waals surface area contributed by atoms with Crippen LogP contribution in [-0.4, -0.2) is 58.9 Å². The zero-order valence-electron chi connectivity index (χ0n) is 15.7. The summed E-state index contributed by atoms with van der Waals surface area (Å²) in [6.45, 7) is 13.0. The van der Waals surface area contributed by atoms with Crippen molar-refractivity contribution in [3.05, 3.63) is 17.6 Å². The van der Waals surface area contributed by atoms with Crippen molar-refractivity contribution < 1.29 is 9.59 Å². The van der Waals surface area contributed by atoms with Crippen LogP contribution in [0.15, 0.2) is 6.07 Å². The fourth-order valence-corrected chi connectivity index (χ4v) is 3.18. The molecule has 1 N–H and O–H groups in total. The monoisotopic (exact) mass is 345 g/mol. The Morgan fingerprint density at radius 2 is 1.92 bits per heavy atom. The Morgan fingerprint density at radius 1 is 1.20 bits per heavy atom. The Bertz CT molecular complexity index is 695. The average Bonchev–Trinajstić information content (AvgIpc) is 2.56. The molecule has 0 bridgehead atoms. The van der Waals surface area contributed by atoms with Crippen molar-refractivity contribution in [2.24, 2.45) is 0 Å². The molecule has 2 fully saturated rings. The lowest BCUT2D eigenvalue weighted by Gasteiger charge is -2.44. The van der Waals surface area contributed by atoms with E-state index in [0.29, 0.717) is 26.2 Å². The van der Waals surface area contributed by atoms with Gasteiger partial charge in [0.25, 0.3) is 0 Å². The summed E-state index contributed by atoms with van der Waals surface area (Å²) >= 11 is 0. The van der Waals surface area contributed by atoms with Crippen LogP contribution in [0.2, 0.25) is 0 Å². The van der Waals surface area contributed by atoms with Gasteiger partial charge in [-0.15, -0.1) is 0 Å². The molecule has 7 nitrogen and oxygen atoms in total. The van der Waals surface area contributed by atoms with Crippen molar-refractivity contribution in [2.45, 2.75) is 52.0 Å². The first kappa shape index (κ1) is 17.6. The third kappa shape index (κ3) is 3.45. The summed E-state index contributed by atoms with van der Waals surface area (Å²) in [6, 6.07) is 2.06. The van der Waals surface area contributed by atoms with Gasteiger partial charge in [-0.25, -0.2) is 9.97 Å². The van der Waals surface area contributed by atoms with Crippen LogP contribution < -0.4 is 10.2 Å². The normalized spacial score (nSPS) is 21.4. The van der Waals surface area contributed by atoms with Crippen LogP contribution in [0.4, 0.5) is 5.82 Å². The van der Waals surface area contributed by atoms with Crippen molar-refractivity contribution in [2.75, 3.05) is 31.1 Å². The second kappa shape index (κ2) is 6.28. The maximum Gasteiger partial charge on any atom is 0.312 e. The first-order chi connectivity index (χ1) is 11.7. The van der Waals surface area contributed by atoms with E-state index in [1.54, 1.807) is 4.90 Å².